The largest absolute Gasteiger partial charge is 0.507 e. The minimum absolute atomic E-state index is 0.0968. The van der Waals surface area contributed by atoms with E-state index in [0.29, 0.717) is 34.6 Å². The maximum atomic E-state index is 12.8. The van der Waals surface area contributed by atoms with Crippen molar-refractivity contribution in [3.05, 3.63) is 58.4 Å². The molecule has 27 heavy (non-hydrogen) atoms. The third-order valence-corrected chi connectivity index (χ3v) is 4.70. The summed E-state index contributed by atoms with van der Waals surface area (Å²) >= 11 is 0. The average molecular weight is 370 g/mol. The molecule has 0 fully saturated rings. The van der Waals surface area contributed by atoms with Gasteiger partial charge in [-0.25, -0.2) is 0 Å². The number of ether oxygens (including phenoxy) is 2. The van der Waals surface area contributed by atoms with Crippen LogP contribution in [0.3, 0.4) is 0 Å². The zero-order chi connectivity index (χ0) is 19.4. The predicted molar refractivity (Wildman–Crippen MR) is 103 cm³/mol. The molecular formula is C21H24NO5+. The van der Waals surface area contributed by atoms with Gasteiger partial charge < -0.3 is 23.9 Å². The van der Waals surface area contributed by atoms with Gasteiger partial charge in [-0.15, -0.1) is 0 Å². The number of phenols is 1. The van der Waals surface area contributed by atoms with E-state index in [9.17, 15) is 9.90 Å². The van der Waals surface area contributed by atoms with E-state index < -0.39 is 0 Å². The molecule has 6 heteroatoms. The van der Waals surface area contributed by atoms with Crippen LogP contribution in [-0.4, -0.2) is 25.3 Å². The van der Waals surface area contributed by atoms with Gasteiger partial charge >= 0.3 is 0 Å². The van der Waals surface area contributed by atoms with Crippen molar-refractivity contribution in [1.29, 1.82) is 0 Å². The van der Waals surface area contributed by atoms with Gasteiger partial charge in [0.15, 0.2) is 5.58 Å². The second kappa shape index (κ2) is 8.14. The third kappa shape index (κ3) is 3.90. The molecule has 0 saturated heterocycles. The molecule has 0 aliphatic rings. The second-order valence-corrected chi connectivity index (χ2v) is 6.28. The molecule has 6 nitrogen and oxygen atoms in total. The molecule has 3 rings (SSSR count). The second-order valence-electron chi connectivity index (χ2n) is 6.28. The van der Waals surface area contributed by atoms with Crippen molar-refractivity contribution in [2.45, 2.75) is 20.4 Å². The highest BCUT2D eigenvalue weighted by atomic mass is 16.5. The van der Waals surface area contributed by atoms with Crippen molar-refractivity contribution < 1.29 is 23.9 Å². The molecule has 0 saturated carbocycles. The minimum Gasteiger partial charge on any atom is -0.507 e. The Bertz CT molecular complexity index is 974. The van der Waals surface area contributed by atoms with Crippen molar-refractivity contribution >= 4 is 11.0 Å². The Morgan fingerprint density at radius 3 is 2.33 bits per heavy atom. The van der Waals surface area contributed by atoms with E-state index in [4.69, 9.17) is 13.9 Å². The summed E-state index contributed by atoms with van der Waals surface area (Å²) in [5.41, 5.74) is 0.767. The van der Waals surface area contributed by atoms with Crippen LogP contribution in [0.25, 0.3) is 11.0 Å². The van der Waals surface area contributed by atoms with E-state index in [1.165, 1.54) is 17.2 Å². The van der Waals surface area contributed by atoms with Crippen LogP contribution in [0.15, 0.2) is 51.9 Å². The lowest BCUT2D eigenvalue weighted by atomic mass is 10.1. The molecule has 0 radical (unpaired) electrons. The van der Waals surface area contributed by atoms with Crippen molar-refractivity contribution in [3.8, 4) is 23.0 Å². The highest BCUT2D eigenvalue weighted by Gasteiger charge is 2.18. The van der Waals surface area contributed by atoms with Gasteiger partial charge in [0, 0.05) is 0 Å². The summed E-state index contributed by atoms with van der Waals surface area (Å²) in [4.78, 5) is 14.1. The Morgan fingerprint density at radius 2 is 1.70 bits per heavy atom. The van der Waals surface area contributed by atoms with Gasteiger partial charge in [-0.1, -0.05) is 0 Å². The quantitative estimate of drug-likeness (QED) is 0.669. The van der Waals surface area contributed by atoms with Crippen LogP contribution in [0.4, 0.5) is 0 Å². The van der Waals surface area contributed by atoms with E-state index in [1.807, 2.05) is 0 Å². The lowest BCUT2D eigenvalue weighted by Crippen LogP contribution is -3.10. The van der Waals surface area contributed by atoms with Crippen molar-refractivity contribution in [3.63, 3.8) is 0 Å². The van der Waals surface area contributed by atoms with Gasteiger partial charge in [-0.05, 0) is 50.2 Å². The first-order valence-electron chi connectivity index (χ1n) is 8.99. The summed E-state index contributed by atoms with van der Waals surface area (Å²) in [5, 5.41) is 10.7. The molecule has 0 aliphatic heterocycles. The van der Waals surface area contributed by atoms with Gasteiger partial charge in [-0.3, -0.25) is 4.79 Å². The number of fused-ring (bicyclic) bond motifs is 1. The number of hydrogen-bond donors (Lipinski definition) is 2. The Hall–Kier alpha value is -2.99. The highest BCUT2D eigenvalue weighted by Crippen LogP contribution is 2.28. The van der Waals surface area contributed by atoms with Crippen molar-refractivity contribution in [2.24, 2.45) is 0 Å². The van der Waals surface area contributed by atoms with Crippen LogP contribution in [0.2, 0.25) is 0 Å². The van der Waals surface area contributed by atoms with Gasteiger partial charge in [0.2, 0.25) is 11.2 Å². The maximum absolute atomic E-state index is 12.8. The summed E-state index contributed by atoms with van der Waals surface area (Å²) in [6.07, 6.45) is 1.30. The number of hydrogen-bond acceptors (Lipinski definition) is 5. The molecule has 0 unspecified atom stereocenters. The van der Waals surface area contributed by atoms with E-state index in [0.717, 1.165) is 13.1 Å². The van der Waals surface area contributed by atoms with Crippen LogP contribution < -0.4 is 19.8 Å². The number of nitrogens with one attached hydrogen (secondary N) is 1. The summed E-state index contributed by atoms with van der Waals surface area (Å²) in [6, 6.07) is 10.0. The fraction of sp³-hybridized carbons (Fsp3) is 0.286. The zero-order valence-corrected chi connectivity index (χ0v) is 15.7. The van der Waals surface area contributed by atoms with Crippen LogP contribution in [0.1, 0.15) is 19.4 Å². The van der Waals surface area contributed by atoms with Gasteiger partial charge in [0.25, 0.3) is 0 Å². The third-order valence-electron chi connectivity index (χ3n) is 4.70. The molecule has 2 aromatic carbocycles. The fourth-order valence-electron chi connectivity index (χ4n) is 2.99. The smallest absolute Gasteiger partial charge is 0.235 e. The average Bonchev–Trinajstić information content (AvgIpc) is 2.70. The molecule has 1 aromatic heterocycles. The van der Waals surface area contributed by atoms with Crippen LogP contribution >= 0.6 is 0 Å². The van der Waals surface area contributed by atoms with Gasteiger partial charge in [0.05, 0.1) is 31.1 Å². The molecular weight excluding hydrogens is 346 g/mol. The molecule has 0 bridgehead atoms. The first-order chi connectivity index (χ1) is 13.1. The van der Waals surface area contributed by atoms with Crippen LogP contribution in [-0.2, 0) is 6.54 Å². The van der Waals surface area contributed by atoms with E-state index in [1.54, 1.807) is 37.4 Å². The predicted octanol–water partition coefficient (Wildman–Crippen LogP) is 2.72. The lowest BCUT2D eigenvalue weighted by Gasteiger charge is -2.17. The molecule has 2 N–H and O–H groups in total. The number of benzene rings is 2. The number of quaternary nitrogens is 1. The standard InChI is InChI=1S/C21H23NO5/c1-4-22(5-2)12-17-18(23)11-10-16-20(24)19(13-26-21(16)17)27-15-8-6-14(25-3)7-9-15/h6-11,13,23H,4-5,12H2,1-3H3/p+1. The number of aromatic hydroxyl groups is 1. The molecule has 0 spiro atoms. The van der Waals surface area contributed by atoms with E-state index in [-0.39, 0.29) is 16.9 Å². The normalized spacial score (nSPS) is 11.1. The fourth-order valence-corrected chi connectivity index (χ4v) is 2.99. The van der Waals surface area contributed by atoms with Crippen LogP contribution in [0.5, 0.6) is 23.0 Å². The highest BCUT2D eigenvalue weighted by molar-refractivity contribution is 5.82. The molecule has 1 heterocycles. The van der Waals surface area contributed by atoms with Crippen LogP contribution in [0, 0.1) is 0 Å². The topological polar surface area (TPSA) is 73.3 Å². The first-order valence-corrected chi connectivity index (χ1v) is 8.99. The SMILES string of the molecule is CC[NH+](CC)Cc1c(O)ccc2c(=O)c(Oc3ccc(OC)cc3)coc12. The summed E-state index contributed by atoms with van der Waals surface area (Å²) in [6.45, 7) is 6.57. The molecule has 142 valence electrons. The van der Waals surface area contributed by atoms with E-state index in [2.05, 4.69) is 13.8 Å². The first kappa shape index (κ1) is 18.8. The summed E-state index contributed by atoms with van der Waals surface area (Å²) < 4.78 is 16.5. The van der Waals surface area contributed by atoms with E-state index >= 15 is 0 Å². The zero-order valence-electron chi connectivity index (χ0n) is 15.7. The molecule has 0 aliphatic carbocycles. The summed E-state index contributed by atoms with van der Waals surface area (Å²) in [5.74, 6) is 1.44. The number of methoxy groups -OCH3 is 1. The van der Waals surface area contributed by atoms with Gasteiger partial charge in [0.1, 0.15) is 30.1 Å². The van der Waals surface area contributed by atoms with Gasteiger partial charge in [-0.2, -0.15) is 0 Å². The summed E-state index contributed by atoms with van der Waals surface area (Å²) in [7, 11) is 1.58. The Labute approximate surface area is 157 Å². The van der Waals surface area contributed by atoms with Crippen molar-refractivity contribution in [2.75, 3.05) is 20.2 Å². The maximum Gasteiger partial charge on any atom is 0.235 e. The molecule has 0 atom stereocenters. The Balaban J connectivity index is 1.99. The monoisotopic (exact) mass is 370 g/mol. The molecule has 3 aromatic rings. The van der Waals surface area contributed by atoms with Crippen molar-refractivity contribution in [1.82, 2.24) is 0 Å². The Morgan fingerprint density at radius 1 is 1.04 bits per heavy atom. The molecule has 0 amide bonds. The Kier molecular flexibility index (Phi) is 5.66. The lowest BCUT2D eigenvalue weighted by molar-refractivity contribution is -0.910. The number of rotatable bonds is 7. The number of phenolic OH excluding ortho intramolecular Hbond substituents is 1. The minimum atomic E-state index is -0.275.